The zero-order valence-electron chi connectivity index (χ0n) is 14.4. The fourth-order valence-corrected chi connectivity index (χ4v) is 2.82. The van der Waals surface area contributed by atoms with E-state index in [-0.39, 0.29) is 5.39 Å². The van der Waals surface area contributed by atoms with Crippen LogP contribution in [0.3, 0.4) is 0 Å². The quantitative estimate of drug-likeness (QED) is 0.618. The lowest BCUT2D eigenvalue weighted by atomic mass is 10.1. The number of carbonyl (C=O) groups excluding carboxylic acids is 1. The lowest BCUT2D eigenvalue weighted by Crippen LogP contribution is -2.48. The van der Waals surface area contributed by atoms with Gasteiger partial charge in [0.2, 0.25) is 5.91 Å². The molecule has 0 bridgehead atoms. The number of amides is 1. The number of aromatic nitrogens is 2. The van der Waals surface area contributed by atoms with Crippen LogP contribution in [0.5, 0.6) is 0 Å². The fourth-order valence-electron chi connectivity index (χ4n) is 2.82. The van der Waals surface area contributed by atoms with Gasteiger partial charge in [-0.2, -0.15) is 0 Å². The van der Waals surface area contributed by atoms with Gasteiger partial charge in [-0.15, -0.1) is 0 Å². The van der Waals surface area contributed by atoms with Crippen LogP contribution in [0.4, 0.5) is 0 Å². The van der Waals surface area contributed by atoms with Crippen molar-refractivity contribution in [2.75, 3.05) is 0 Å². The molecule has 0 saturated heterocycles. The van der Waals surface area contributed by atoms with Crippen LogP contribution in [0.25, 0.3) is 10.9 Å². The molecule has 1 heterocycles. The number of benzene rings is 2. The number of carbonyl (C=O) groups is 2. The van der Waals surface area contributed by atoms with Gasteiger partial charge in [-0.1, -0.05) is 42.5 Å². The summed E-state index contributed by atoms with van der Waals surface area (Å²) in [6.45, 7) is 1.30. The summed E-state index contributed by atoms with van der Waals surface area (Å²) >= 11 is 0. The van der Waals surface area contributed by atoms with Gasteiger partial charge in [0, 0.05) is 0 Å². The zero-order chi connectivity index (χ0) is 19.6. The normalized spacial score (nSPS) is 13.1. The molecule has 1 amide bonds. The maximum absolute atomic E-state index is 12.9. The van der Waals surface area contributed by atoms with Crippen molar-refractivity contribution in [3.63, 3.8) is 0 Å². The van der Waals surface area contributed by atoms with Crippen molar-refractivity contribution in [3.05, 3.63) is 81.0 Å². The summed E-state index contributed by atoms with van der Waals surface area (Å²) in [5.74, 6) is -1.99. The highest BCUT2D eigenvalue weighted by Gasteiger charge is 2.28. The molecule has 2 atom stereocenters. The Morgan fingerprint density at radius 1 is 1.04 bits per heavy atom. The van der Waals surface area contributed by atoms with Crippen LogP contribution in [0.2, 0.25) is 0 Å². The van der Waals surface area contributed by atoms with Gasteiger partial charge in [0.15, 0.2) is 0 Å². The smallest absolute Gasteiger partial charge is 0.329 e. The summed E-state index contributed by atoms with van der Waals surface area (Å²) < 4.78 is 0.807. The minimum Gasteiger partial charge on any atom is -0.480 e. The second-order valence-electron chi connectivity index (χ2n) is 6.03. The third-order valence-corrected chi connectivity index (χ3v) is 4.19. The van der Waals surface area contributed by atoms with Gasteiger partial charge in [-0.3, -0.25) is 14.4 Å². The highest BCUT2D eigenvalue weighted by molar-refractivity contribution is 5.88. The zero-order valence-corrected chi connectivity index (χ0v) is 14.4. The Kier molecular flexibility index (Phi) is 4.89. The molecule has 8 heteroatoms. The monoisotopic (exact) mass is 367 g/mol. The Hall–Kier alpha value is -3.68. The standard InChI is InChI=1S/C19H17N3O5/c1-11(18(25)26)20-16(23)15(12-7-3-2-4-8-12)22-17(24)13-9-5-6-10-14(13)21-19(22)27/h2-11,15H,1H3,(H,20,23)(H,21,27)(H,25,26). The molecule has 3 N–H and O–H groups in total. The van der Waals surface area contributed by atoms with E-state index < -0.39 is 35.2 Å². The lowest BCUT2D eigenvalue weighted by molar-refractivity contribution is -0.141. The summed E-state index contributed by atoms with van der Waals surface area (Å²) in [6.07, 6.45) is 0. The van der Waals surface area contributed by atoms with E-state index in [1.165, 1.54) is 6.92 Å². The van der Waals surface area contributed by atoms with Crippen molar-refractivity contribution in [2.24, 2.45) is 0 Å². The third kappa shape index (κ3) is 3.50. The predicted molar refractivity (Wildman–Crippen MR) is 98.7 cm³/mol. The molecule has 27 heavy (non-hydrogen) atoms. The van der Waals surface area contributed by atoms with Gasteiger partial charge >= 0.3 is 11.7 Å². The number of rotatable bonds is 5. The Labute approximate surface area is 153 Å². The summed E-state index contributed by atoms with van der Waals surface area (Å²) in [7, 11) is 0. The topological polar surface area (TPSA) is 121 Å². The Morgan fingerprint density at radius 3 is 2.33 bits per heavy atom. The van der Waals surface area contributed by atoms with Gasteiger partial charge in [0.05, 0.1) is 10.9 Å². The van der Waals surface area contributed by atoms with E-state index in [0.717, 1.165) is 4.57 Å². The first kappa shape index (κ1) is 18.1. The van der Waals surface area contributed by atoms with Crippen LogP contribution < -0.4 is 16.6 Å². The molecule has 2 unspecified atom stereocenters. The van der Waals surface area contributed by atoms with E-state index >= 15 is 0 Å². The van der Waals surface area contributed by atoms with Crippen LogP contribution >= 0.6 is 0 Å². The molecule has 138 valence electrons. The molecule has 3 aromatic rings. The van der Waals surface area contributed by atoms with Crippen molar-refractivity contribution in [1.82, 2.24) is 14.9 Å². The average Bonchev–Trinajstić information content (AvgIpc) is 2.65. The van der Waals surface area contributed by atoms with Crippen molar-refractivity contribution >= 4 is 22.8 Å². The molecular weight excluding hydrogens is 350 g/mol. The summed E-state index contributed by atoms with van der Waals surface area (Å²) in [4.78, 5) is 52.0. The predicted octanol–water partition coefficient (Wildman–Crippen LogP) is 0.869. The number of carboxylic acids is 1. The van der Waals surface area contributed by atoms with Crippen molar-refractivity contribution in [2.45, 2.75) is 19.0 Å². The first-order valence-electron chi connectivity index (χ1n) is 8.22. The van der Waals surface area contributed by atoms with E-state index in [1.807, 2.05) is 0 Å². The van der Waals surface area contributed by atoms with E-state index in [1.54, 1.807) is 54.6 Å². The number of H-pyrrole nitrogens is 1. The van der Waals surface area contributed by atoms with Crippen LogP contribution in [0.1, 0.15) is 18.5 Å². The highest BCUT2D eigenvalue weighted by atomic mass is 16.4. The van der Waals surface area contributed by atoms with Crippen molar-refractivity contribution in [1.29, 1.82) is 0 Å². The minimum atomic E-state index is -1.31. The molecule has 8 nitrogen and oxygen atoms in total. The van der Waals surface area contributed by atoms with Gasteiger partial charge in [-0.25, -0.2) is 9.36 Å². The highest BCUT2D eigenvalue weighted by Crippen LogP contribution is 2.17. The van der Waals surface area contributed by atoms with Crippen LogP contribution in [0, 0.1) is 0 Å². The maximum atomic E-state index is 12.9. The molecule has 0 aliphatic rings. The second kappa shape index (κ2) is 7.28. The molecule has 0 aliphatic heterocycles. The number of fused-ring (bicyclic) bond motifs is 1. The molecule has 2 aromatic carbocycles. The van der Waals surface area contributed by atoms with Crippen LogP contribution in [-0.4, -0.2) is 32.6 Å². The summed E-state index contributed by atoms with van der Waals surface area (Å²) in [5, 5.41) is 11.6. The molecule has 0 spiro atoms. The number of hydrogen-bond donors (Lipinski definition) is 3. The molecule has 3 rings (SSSR count). The number of aromatic amines is 1. The molecule has 0 radical (unpaired) electrons. The summed E-state index contributed by atoms with van der Waals surface area (Å²) in [6, 6.07) is 12.2. The number of nitrogens with one attached hydrogen (secondary N) is 2. The number of hydrogen-bond acceptors (Lipinski definition) is 4. The first-order chi connectivity index (χ1) is 12.9. The van der Waals surface area contributed by atoms with Crippen molar-refractivity contribution < 1.29 is 14.7 Å². The van der Waals surface area contributed by atoms with E-state index in [4.69, 9.17) is 5.11 Å². The Balaban J connectivity index is 2.21. The van der Waals surface area contributed by atoms with Gasteiger partial charge in [0.1, 0.15) is 12.1 Å². The largest absolute Gasteiger partial charge is 0.480 e. The van der Waals surface area contributed by atoms with Crippen molar-refractivity contribution in [3.8, 4) is 0 Å². The van der Waals surface area contributed by atoms with Crippen LogP contribution in [-0.2, 0) is 9.59 Å². The second-order valence-corrected chi connectivity index (χ2v) is 6.03. The fraction of sp³-hybridized carbons (Fsp3) is 0.158. The minimum absolute atomic E-state index is 0.247. The van der Waals surface area contributed by atoms with Crippen LogP contribution in [0.15, 0.2) is 64.2 Å². The van der Waals surface area contributed by atoms with E-state index in [2.05, 4.69) is 10.3 Å². The molecule has 0 aliphatic carbocycles. The Morgan fingerprint density at radius 2 is 1.67 bits per heavy atom. The molecular formula is C19H17N3O5. The third-order valence-electron chi connectivity index (χ3n) is 4.19. The maximum Gasteiger partial charge on any atom is 0.329 e. The molecule has 0 fully saturated rings. The lowest BCUT2D eigenvalue weighted by Gasteiger charge is -2.20. The SMILES string of the molecule is CC(NC(=O)C(c1ccccc1)n1c(=O)[nH]c2ccccc2c1=O)C(=O)O. The van der Waals surface area contributed by atoms with E-state index in [0.29, 0.717) is 11.1 Å². The van der Waals surface area contributed by atoms with Gasteiger partial charge in [-0.05, 0) is 24.6 Å². The number of aliphatic carboxylic acids is 1. The molecule has 0 saturated carbocycles. The molecule has 1 aromatic heterocycles. The Bertz CT molecular complexity index is 1120. The number of para-hydroxylation sites is 1. The van der Waals surface area contributed by atoms with Gasteiger partial charge < -0.3 is 15.4 Å². The summed E-state index contributed by atoms with van der Waals surface area (Å²) in [5.41, 5.74) is -0.655. The average molecular weight is 367 g/mol. The number of nitrogens with zero attached hydrogens (tertiary/aromatic N) is 1. The van der Waals surface area contributed by atoms with E-state index in [9.17, 15) is 19.2 Å². The van der Waals surface area contributed by atoms with Gasteiger partial charge in [0.25, 0.3) is 5.56 Å². The first-order valence-corrected chi connectivity index (χ1v) is 8.22. The number of carboxylic acid groups (broad SMARTS) is 1.